The average Bonchev–Trinajstić information content (AvgIpc) is 2.94. The van der Waals surface area contributed by atoms with Gasteiger partial charge in [0.2, 0.25) is 0 Å². The van der Waals surface area contributed by atoms with E-state index in [1.807, 2.05) is 19.2 Å². The van der Waals surface area contributed by atoms with E-state index in [0.29, 0.717) is 17.6 Å². The fourth-order valence-corrected chi connectivity index (χ4v) is 1.83. The van der Waals surface area contributed by atoms with Gasteiger partial charge in [-0.25, -0.2) is 9.78 Å². The van der Waals surface area contributed by atoms with Crippen LogP contribution in [0, 0.1) is 0 Å². The number of aryl methyl sites for hydroxylation is 1. The van der Waals surface area contributed by atoms with E-state index >= 15 is 0 Å². The van der Waals surface area contributed by atoms with E-state index in [4.69, 9.17) is 5.11 Å². The highest BCUT2D eigenvalue weighted by atomic mass is 16.4. The van der Waals surface area contributed by atoms with Crippen molar-refractivity contribution in [2.75, 3.05) is 0 Å². The second-order valence-electron chi connectivity index (χ2n) is 4.31. The maximum absolute atomic E-state index is 10.9. The van der Waals surface area contributed by atoms with Gasteiger partial charge < -0.3 is 5.11 Å². The van der Waals surface area contributed by atoms with Gasteiger partial charge in [-0.3, -0.25) is 4.68 Å². The lowest BCUT2D eigenvalue weighted by molar-refractivity contribution is 0.0683. The van der Waals surface area contributed by atoms with Crippen LogP contribution in [0.1, 0.15) is 42.1 Å². The molecule has 0 radical (unpaired) electrons. The standard InChI is InChI=1S/C11H13N5O2/c1-2-15-6-5-8(13-15)16-10(7-3-4-7)12-9(14-16)11(17)18/h5-7H,2-4H2,1H3,(H,17,18). The summed E-state index contributed by atoms with van der Waals surface area (Å²) < 4.78 is 3.32. The molecule has 1 fully saturated rings. The van der Waals surface area contributed by atoms with Crippen LogP contribution in [0.15, 0.2) is 12.3 Å². The molecule has 3 rings (SSSR count). The molecule has 0 saturated heterocycles. The Morgan fingerprint density at radius 1 is 1.50 bits per heavy atom. The Bertz CT molecular complexity index is 596. The summed E-state index contributed by atoms with van der Waals surface area (Å²) in [5.74, 6) is 0.374. The zero-order valence-corrected chi connectivity index (χ0v) is 9.94. The van der Waals surface area contributed by atoms with Crippen LogP contribution in [0.3, 0.4) is 0 Å². The second-order valence-corrected chi connectivity index (χ2v) is 4.31. The summed E-state index contributed by atoms with van der Waals surface area (Å²) in [5.41, 5.74) is 0. The van der Waals surface area contributed by atoms with Crippen molar-refractivity contribution in [3.63, 3.8) is 0 Å². The van der Waals surface area contributed by atoms with Crippen molar-refractivity contribution in [1.82, 2.24) is 24.5 Å². The van der Waals surface area contributed by atoms with Crippen LogP contribution in [0.5, 0.6) is 0 Å². The number of aromatic carboxylic acids is 1. The molecule has 1 aliphatic rings. The van der Waals surface area contributed by atoms with Crippen LogP contribution >= 0.6 is 0 Å². The third kappa shape index (κ3) is 1.77. The Morgan fingerprint density at radius 3 is 2.83 bits per heavy atom. The highest BCUT2D eigenvalue weighted by Gasteiger charge is 2.32. The number of carboxylic acids is 1. The number of carboxylic acid groups (broad SMARTS) is 1. The van der Waals surface area contributed by atoms with Crippen molar-refractivity contribution in [3.8, 4) is 5.82 Å². The van der Waals surface area contributed by atoms with Gasteiger partial charge in [0.15, 0.2) is 5.82 Å². The average molecular weight is 247 g/mol. The minimum atomic E-state index is -1.11. The van der Waals surface area contributed by atoms with Crippen LogP contribution < -0.4 is 0 Å². The zero-order valence-electron chi connectivity index (χ0n) is 9.94. The topological polar surface area (TPSA) is 85.8 Å². The molecule has 1 N–H and O–H groups in total. The van der Waals surface area contributed by atoms with Crippen molar-refractivity contribution >= 4 is 5.97 Å². The molecule has 1 aliphatic carbocycles. The van der Waals surface area contributed by atoms with Crippen LogP contribution in [0.4, 0.5) is 0 Å². The van der Waals surface area contributed by atoms with Gasteiger partial charge in [-0.2, -0.15) is 9.78 Å². The van der Waals surface area contributed by atoms with Gasteiger partial charge in [-0.15, -0.1) is 5.10 Å². The van der Waals surface area contributed by atoms with E-state index in [1.165, 1.54) is 0 Å². The number of hydrogen-bond acceptors (Lipinski definition) is 4. The lowest BCUT2D eigenvalue weighted by Gasteiger charge is -2.00. The molecule has 18 heavy (non-hydrogen) atoms. The summed E-state index contributed by atoms with van der Waals surface area (Å²) in [5, 5.41) is 17.3. The van der Waals surface area contributed by atoms with E-state index in [-0.39, 0.29) is 5.82 Å². The Hall–Kier alpha value is -2.18. The number of hydrogen-bond donors (Lipinski definition) is 1. The predicted molar refractivity (Wildman–Crippen MR) is 61.8 cm³/mol. The summed E-state index contributed by atoms with van der Waals surface area (Å²) in [6.45, 7) is 2.75. The summed E-state index contributed by atoms with van der Waals surface area (Å²) in [4.78, 5) is 15.0. The number of aromatic nitrogens is 5. The molecular weight excluding hydrogens is 234 g/mol. The number of carbonyl (C=O) groups is 1. The van der Waals surface area contributed by atoms with E-state index in [1.54, 1.807) is 9.36 Å². The van der Waals surface area contributed by atoms with Crippen molar-refractivity contribution in [2.45, 2.75) is 32.2 Å². The van der Waals surface area contributed by atoms with Crippen molar-refractivity contribution in [1.29, 1.82) is 0 Å². The first-order chi connectivity index (χ1) is 8.69. The number of rotatable bonds is 4. The van der Waals surface area contributed by atoms with E-state index in [9.17, 15) is 4.79 Å². The van der Waals surface area contributed by atoms with Gasteiger partial charge in [0.05, 0.1) is 0 Å². The molecule has 0 atom stereocenters. The first-order valence-corrected chi connectivity index (χ1v) is 5.93. The molecular formula is C11H13N5O2. The first kappa shape index (κ1) is 10.9. The second kappa shape index (κ2) is 3.94. The van der Waals surface area contributed by atoms with E-state index < -0.39 is 5.97 Å². The van der Waals surface area contributed by atoms with Crippen LogP contribution in [-0.4, -0.2) is 35.6 Å². The minimum Gasteiger partial charge on any atom is -0.475 e. The lowest BCUT2D eigenvalue weighted by Crippen LogP contribution is -2.05. The van der Waals surface area contributed by atoms with Gasteiger partial charge >= 0.3 is 5.97 Å². The summed E-state index contributed by atoms with van der Waals surface area (Å²) >= 11 is 0. The summed E-state index contributed by atoms with van der Waals surface area (Å²) in [6, 6.07) is 1.82. The van der Waals surface area contributed by atoms with Gasteiger partial charge in [-0.05, 0) is 19.8 Å². The maximum Gasteiger partial charge on any atom is 0.375 e. The molecule has 0 bridgehead atoms. The Balaban J connectivity index is 2.06. The Kier molecular flexibility index (Phi) is 2.39. The van der Waals surface area contributed by atoms with Gasteiger partial charge in [0.1, 0.15) is 5.82 Å². The smallest absolute Gasteiger partial charge is 0.375 e. The molecule has 2 heterocycles. The molecule has 0 unspecified atom stereocenters. The third-order valence-corrected chi connectivity index (χ3v) is 2.93. The van der Waals surface area contributed by atoms with Gasteiger partial charge in [-0.1, -0.05) is 0 Å². The normalized spacial score (nSPS) is 14.9. The summed E-state index contributed by atoms with van der Waals surface area (Å²) in [7, 11) is 0. The molecule has 0 amide bonds. The SMILES string of the molecule is CCn1ccc(-n2nc(C(=O)O)nc2C2CC2)n1. The number of nitrogens with zero attached hydrogens (tertiary/aromatic N) is 5. The summed E-state index contributed by atoms with van der Waals surface area (Å²) in [6.07, 6.45) is 3.91. The molecule has 0 aliphatic heterocycles. The molecule has 1 saturated carbocycles. The van der Waals surface area contributed by atoms with Crippen LogP contribution in [0.2, 0.25) is 0 Å². The quantitative estimate of drug-likeness (QED) is 0.873. The van der Waals surface area contributed by atoms with Crippen LogP contribution in [-0.2, 0) is 6.54 Å². The highest BCUT2D eigenvalue weighted by Crippen LogP contribution is 2.39. The fraction of sp³-hybridized carbons (Fsp3) is 0.455. The first-order valence-electron chi connectivity index (χ1n) is 5.93. The Morgan fingerprint density at radius 2 is 2.28 bits per heavy atom. The van der Waals surface area contributed by atoms with E-state index in [2.05, 4.69) is 15.2 Å². The lowest BCUT2D eigenvalue weighted by atomic mass is 10.4. The third-order valence-electron chi connectivity index (χ3n) is 2.93. The largest absolute Gasteiger partial charge is 0.475 e. The van der Waals surface area contributed by atoms with Gasteiger partial charge in [0.25, 0.3) is 5.82 Å². The van der Waals surface area contributed by atoms with Crippen molar-refractivity contribution < 1.29 is 9.90 Å². The molecule has 0 spiro atoms. The van der Waals surface area contributed by atoms with Gasteiger partial charge in [0, 0.05) is 24.7 Å². The minimum absolute atomic E-state index is 0.164. The van der Waals surface area contributed by atoms with Crippen molar-refractivity contribution in [2.24, 2.45) is 0 Å². The zero-order chi connectivity index (χ0) is 12.7. The van der Waals surface area contributed by atoms with Crippen molar-refractivity contribution in [3.05, 3.63) is 23.9 Å². The Labute approximate surface area is 103 Å². The molecule has 2 aromatic rings. The van der Waals surface area contributed by atoms with Crippen LogP contribution in [0.25, 0.3) is 5.82 Å². The highest BCUT2D eigenvalue weighted by molar-refractivity contribution is 5.83. The maximum atomic E-state index is 10.9. The molecule has 7 nitrogen and oxygen atoms in total. The molecule has 94 valence electrons. The fourth-order valence-electron chi connectivity index (χ4n) is 1.83. The van der Waals surface area contributed by atoms with E-state index in [0.717, 1.165) is 19.4 Å². The molecule has 0 aromatic carbocycles. The predicted octanol–water partition coefficient (Wildman–Crippen LogP) is 1.06. The molecule has 7 heteroatoms. The molecule has 2 aromatic heterocycles. The monoisotopic (exact) mass is 247 g/mol.